The van der Waals surface area contributed by atoms with Gasteiger partial charge in [0.05, 0.1) is 0 Å². The van der Waals surface area contributed by atoms with Gasteiger partial charge in [-0.1, -0.05) is 18.2 Å². The van der Waals surface area contributed by atoms with Crippen molar-refractivity contribution < 1.29 is 24.2 Å². The predicted octanol–water partition coefficient (Wildman–Crippen LogP) is 2.94. The fourth-order valence-electron chi connectivity index (χ4n) is 3.62. The lowest BCUT2D eigenvalue weighted by molar-refractivity contribution is -0.144. The molecule has 0 aromatic heterocycles. The summed E-state index contributed by atoms with van der Waals surface area (Å²) in [7, 11) is 0. The molecule has 0 aliphatic carbocycles. The van der Waals surface area contributed by atoms with Crippen molar-refractivity contribution in [3.63, 3.8) is 0 Å². The standard InChI is InChI=1S/C24H27IN4O5/c25-14-33-23(32)21-18-13-15(4-10-20(31)28-11-1-2-12-29-24(26)27)3-9-19(18)34-22(21)16-5-7-17(30)8-6-16/h3-10,13,21-22,30H,1-2,11-12,14H2,(H,28,31)(H4,26,27,29)/b10-4+. The van der Waals surface area contributed by atoms with Gasteiger partial charge in [-0.25, -0.2) is 0 Å². The highest BCUT2D eigenvalue weighted by molar-refractivity contribution is 14.1. The molecule has 1 aliphatic heterocycles. The van der Waals surface area contributed by atoms with Crippen LogP contribution in [-0.4, -0.2) is 40.6 Å². The Morgan fingerprint density at radius 2 is 1.85 bits per heavy atom. The number of benzene rings is 2. The molecule has 2 aromatic carbocycles. The number of hydrogen-bond acceptors (Lipinski definition) is 6. The van der Waals surface area contributed by atoms with Crippen LogP contribution in [0, 0.1) is 5.41 Å². The van der Waals surface area contributed by atoms with Crippen LogP contribution >= 0.6 is 22.6 Å². The van der Waals surface area contributed by atoms with Crippen molar-refractivity contribution in [2.75, 3.05) is 17.7 Å². The number of guanidine groups is 1. The molecule has 2 unspecified atom stereocenters. The van der Waals surface area contributed by atoms with Crippen LogP contribution in [0.2, 0.25) is 0 Å². The molecule has 0 bridgehead atoms. The second-order valence-corrected chi connectivity index (χ2v) is 8.27. The highest BCUT2D eigenvalue weighted by Crippen LogP contribution is 2.47. The number of ether oxygens (including phenoxy) is 2. The van der Waals surface area contributed by atoms with Gasteiger partial charge < -0.3 is 30.9 Å². The number of phenolic OH excluding ortho intramolecular Hbond substituents is 1. The van der Waals surface area contributed by atoms with Gasteiger partial charge in [0.1, 0.15) is 28.1 Å². The van der Waals surface area contributed by atoms with Gasteiger partial charge in [-0.15, -0.1) is 0 Å². The molecule has 1 aliphatic rings. The average molecular weight is 578 g/mol. The van der Waals surface area contributed by atoms with Gasteiger partial charge in [0.15, 0.2) is 5.96 Å². The Balaban J connectivity index is 1.67. The van der Waals surface area contributed by atoms with Crippen molar-refractivity contribution in [3.05, 3.63) is 65.2 Å². The number of amides is 1. The van der Waals surface area contributed by atoms with Crippen molar-refractivity contribution in [3.8, 4) is 11.5 Å². The van der Waals surface area contributed by atoms with E-state index in [4.69, 9.17) is 20.6 Å². The number of esters is 1. The van der Waals surface area contributed by atoms with E-state index >= 15 is 0 Å². The summed E-state index contributed by atoms with van der Waals surface area (Å²) in [5.74, 6) is -0.646. The first kappa shape index (κ1) is 25.3. The average Bonchev–Trinajstić information content (AvgIpc) is 3.19. The summed E-state index contributed by atoms with van der Waals surface area (Å²) in [6.07, 6.45) is 4.09. The van der Waals surface area contributed by atoms with E-state index in [1.165, 1.54) is 6.08 Å². The highest BCUT2D eigenvalue weighted by Gasteiger charge is 2.41. The van der Waals surface area contributed by atoms with E-state index < -0.39 is 18.0 Å². The monoisotopic (exact) mass is 578 g/mol. The number of halogens is 1. The maximum atomic E-state index is 12.8. The van der Waals surface area contributed by atoms with Crippen LogP contribution in [0.15, 0.2) is 48.5 Å². The summed E-state index contributed by atoms with van der Waals surface area (Å²) in [5, 5.41) is 22.2. The van der Waals surface area contributed by atoms with E-state index in [1.54, 1.807) is 36.4 Å². The summed E-state index contributed by atoms with van der Waals surface area (Å²) in [5.41, 5.74) is 7.41. The summed E-state index contributed by atoms with van der Waals surface area (Å²) in [6, 6.07) is 12.0. The maximum absolute atomic E-state index is 12.8. The minimum absolute atomic E-state index is 0.0640. The first-order valence-electron chi connectivity index (χ1n) is 10.7. The summed E-state index contributed by atoms with van der Waals surface area (Å²) >= 11 is 1.97. The zero-order valence-corrected chi connectivity index (χ0v) is 20.6. The van der Waals surface area contributed by atoms with Gasteiger partial charge in [-0.3, -0.25) is 15.0 Å². The van der Waals surface area contributed by atoms with Crippen LogP contribution in [0.3, 0.4) is 0 Å². The summed E-state index contributed by atoms with van der Waals surface area (Å²) in [4.78, 5) is 24.9. The molecular formula is C24H27IN4O5. The third-order valence-electron chi connectivity index (χ3n) is 5.24. The van der Waals surface area contributed by atoms with Crippen LogP contribution in [0.4, 0.5) is 0 Å². The highest BCUT2D eigenvalue weighted by atomic mass is 127. The lowest BCUT2D eigenvalue weighted by atomic mass is 9.90. The van der Waals surface area contributed by atoms with Crippen molar-refractivity contribution in [1.82, 2.24) is 10.6 Å². The largest absolute Gasteiger partial charge is 0.508 e. The first-order valence-corrected chi connectivity index (χ1v) is 12.3. The number of nitrogens with two attached hydrogens (primary N) is 1. The van der Waals surface area contributed by atoms with E-state index in [9.17, 15) is 14.7 Å². The molecule has 0 fully saturated rings. The zero-order chi connectivity index (χ0) is 24.5. The van der Waals surface area contributed by atoms with Crippen LogP contribution in [0.1, 0.15) is 41.6 Å². The number of aromatic hydroxyl groups is 1. The maximum Gasteiger partial charge on any atom is 0.318 e. The van der Waals surface area contributed by atoms with E-state index in [1.807, 2.05) is 34.7 Å². The quantitative estimate of drug-likeness (QED) is 0.0554. The smallest absolute Gasteiger partial charge is 0.318 e. The predicted molar refractivity (Wildman–Crippen MR) is 137 cm³/mol. The van der Waals surface area contributed by atoms with Crippen molar-refractivity contribution in [1.29, 1.82) is 5.41 Å². The molecule has 10 heteroatoms. The lowest BCUT2D eigenvalue weighted by Crippen LogP contribution is -2.31. The van der Waals surface area contributed by atoms with Crippen molar-refractivity contribution in [2.45, 2.75) is 24.9 Å². The Kier molecular flexibility index (Phi) is 9.14. The van der Waals surface area contributed by atoms with E-state index in [2.05, 4.69) is 10.6 Å². The molecule has 0 saturated carbocycles. The molecule has 1 amide bonds. The number of rotatable bonds is 10. The molecule has 0 spiro atoms. The van der Waals surface area contributed by atoms with Gasteiger partial charge in [0, 0.05) is 24.7 Å². The third kappa shape index (κ3) is 6.86. The SMILES string of the molecule is N=C(N)NCCCCNC(=O)/C=C/c1ccc2c(c1)C(C(=O)OCI)C(c1ccc(O)cc1)O2. The van der Waals surface area contributed by atoms with E-state index in [0.29, 0.717) is 24.4 Å². The van der Waals surface area contributed by atoms with Crippen LogP contribution in [0.5, 0.6) is 11.5 Å². The number of carbonyl (C=O) groups excluding carboxylic acids is 2. The Bertz CT molecular complexity index is 1060. The molecule has 180 valence electrons. The number of fused-ring (bicyclic) bond motifs is 1. The van der Waals surface area contributed by atoms with Crippen LogP contribution < -0.4 is 21.1 Å². The number of alkyl halides is 1. The van der Waals surface area contributed by atoms with Crippen LogP contribution in [-0.2, 0) is 14.3 Å². The first-order chi connectivity index (χ1) is 16.4. The van der Waals surface area contributed by atoms with Gasteiger partial charge >= 0.3 is 5.97 Å². The molecule has 6 N–H and O–H groups in total. The number of nitrogens with one attached hydrogen (secondary N) is 3. The molecule has 3 rings (SSSR count). The lowest BCUT2D eigenvalue weighted by Gasteiger charge is -2.18. The molecular weight excluding hydrogens is 551 g/mol. The Morgan fingerprint density at radius 1 is 1.15 bits per heavy atom. The van der Waals surface area contributed by atoms with E-state index in [-0.39, 0.29) is 22.2 Å². The van der Waals surface area contributed by atoms with Gasteiger partial charge in [-0.2, -0.15) is 0 Å². The molecule has 0 radical (unpaired) electrons. The molecule has 34 heavy (non-hydrogen) atoms. The third-order valence-corrected chi connectivity index (χ3v) is 5.55. The molecule has 0 saturated heterocycles. The minimum Gasteiger partial charge on any atom is -0.508 e. The van der Waals surface area contributed by atoms with Crippen LogP contribution in [0.25, 0.3) is 6.08 Å². The molecule has 2 atom stereocenters. The second-order valence-electron chi connectivity index (χ2n) is 7.65. The Hall–Kier alpha value is -3.28. The fourth-order valence-corrected chi connectivity index (χ4v) is 3.93. The molecule has 1 heterocycles. The number of hydrogen-bond donors (Lipinski definition) is 5. The topological polar surface area (TPSA) is 147 Å². The normalized spacial score (nSPS) is 16.5. The molecule has 2 aromatic rings. The number of phenols is 1. The van der Waals surface area contributed by atoms with E-state index in [0.717, 1.165) is 24.0 Å². The second kappa shape index (κ2) is 12.3. The van der Waals surface area contributed by atoms with Gasteiger partial charge in [0.2, 0.25) is 5.91 Å². The zero-order valence-electron chi connectivity index (χ0n) is 18.4. The molecule has 9 nitrogen and oxygen atoms in total. The Labute approximate surface area is 211 Å². The number of unbranched alkanes of at least 4 members (excludes halogenated alkanes) is 1. The van der Waals surface area contributed by atoms with Gasteiger partial charge in [0.25, 0.3) is 0 Å². The summed E-state index contributed by atoms with van der Waals surface area (Å²) < 4.78 is 11.6. The van der Waals surface area contributed by atoms with Gasteiger partial charge in [-0.05, 0) is 76.9 Å². The minimum atomic E-state index is -0.667. The van der Waals surface area contributed by atoms with Crippen molar-refractivity contribution in [2.24, 2.45) is 5.73 Å². The number of carbonyl (C=O) groups is 2. The van der Waals surface area contributed by atoms with Crippen molar-refractivity contribution >= 4 is 46.5 Å². The fraction of sp³-hybridized carbons (Fsp3) is 0.292. The Morgan fingerprint density at radius 3 is 2.53 bits per heavy atom. The summed E-state index contributed by atoms with van der Waals surface area (Å²) in [6.45, 7) is 1.10.